The van der Waals surface area contributed by atoms with Crippen LogP contribution in [-0.4, -0.2) is 63.6 Å². The fourth-order valence-electron chi connectivity index (χ4n) is 2.06. The van der Waals surface area contributed by atoms with Crippen molar-refractivity contribution in [2.45, 2.75) is 44.4 Å². The third-order valence-corrected chi connectivity index (χ3v) is 3.13. The largest absolute Gasteiger partial charge is 0.480 e. The van der Waals surface area contributed by atoms with E-state index in [4.69, 9.17) is 5.11 Å². The monoisotopic (exact) mass is 260 g/mol. The molecule has 0 aromatic heterocycles. The molecule has 3 unspecified atom stereocenters. The number of likely N-dealkylation sites (tertiary alicyclic amines) is 1. The van der Waals surface area contributed by atoms with E-state index >= 15 is 0 Å². The maximum absolute atomic E-state index is 11.9. The number of carboxylic acids is 1. The zero-order valence-corrected chi connectivity index (χ0v) is 10.4. The first-order valence-electron chi connectivity index (χ1n) is 6.06. The summed E-state index contributed by atoms with van der Waals surface area (Å²) >= 11 is 0. The number of hydrogen-bond donors (Lipinski definition) is 4. The van der Waals surface area contributed by atoms with Crippen LogP contribution < -0.4 is 5.32 Å². The van der Waals surface area contributed by atoms with Gasteiger partial charge in [0.1, 0.15) is 0 Å². The quantitative estimate of drug-likeness (QED) is 0.538. The highest BCUT2D eigenvalue weighted by Crippen LogP contribution is 2.16. The van der Waals surface area contributed by atoms with Crippen LogP contribution >= 0.6 is 0 Å². The van der Waals surface area contributed by atoms with Gasteiger partial charge in [0.05, 0.1) is 18.8 Å². The molecule has 18 heavy (non-hydrogen) atoms. The molecule has 2 amide bonds. The number of carbonyl (C=O) groups excluding carboxylic acids is 1. The Bertz CT molecular complexity index is 308. The van der Waals surface area contributed by atoms with Crippen LogP contribution in [0.3, 0.4) is 0 Å². The first-order valence-corrected chi connectivity index (χ1v) is 6.06. The highest BCUT2D eigenvalue weighted by atomic mass is 16.4. The van der Waals surface area contributed by atoms with E-state index in [9.17, 15) is 19.8 Å². The molecule has 1 aliphatic rings. The summed E-state index contributed by atoms with van der Waals surface area (Å²) in [6.07, 6.45) is 1.30. The van der Waals surface area contributed by atoms with E-state index in [1.165, 1.54) is 11.8 Å². The number of aliphatic hydroxyl groups excluding tert-OH is 2. The van der Waals surface area contributed by atoms with E-state index in [1.807, 2.05) is 0 Å². The fraction of sp³-hybridized carbons (Fsp3) is 0.818. The standard InChI is InChI=1S/C11H20N2O5/c1-7(15)9(10(16)17)12-11(18)13-5-3-2-4-8(13)6-14/h7-9,14-15H,2-6H2,1H3,(H,12,18)(H,16,17). The number of nitrogens with zero attached hydrogens (tertiary/aromatic N) is 1. The van der Waals surface area contributed by atoms with Gasteiger partial charge in [0, 0.05) is 6.54 Å². The summed E-state index contributed by atoms with van der Waals surface area (Å²) in [5.41, 5.74) is 0. The Morgan fingerprint density at radius 2 is 2.11 bits per heavy atom. The van der Waals surface area contributed by atoms with Gasteiger partial charge in [-0.25, -0.2) is 9.59 Å². The number of carbonyl (C=O) groups is 2. The van der Waals surface area contributed by atoms with Gasteiger partial charge in [0.15, 0.2) is 6.04 Å². The Balaban J connectivity index is 2.64. The summed E-state index contributed by atoms with van der Waals surface area (Å²) in [6.45, 7) is 1.65. The third-order valence-electron chi connectivity index (χ3n) is 3.13. The molecule has 1 fully saturated rings. The van der Waals surface area contributed by atoms with Crippen molar-refractivity contribution >= 4 is 12.0 Å². The van der Waals surface area contributed by atoms with Crippen LogP contribution in [-0.2, 0) is 4.79 Å². The predicted octanol–water partition coefficient (Wildman–Crippen LogP) is -0.623. The number of amides is 2. The van der Waals surface area contributed by atoms with E-state index in [0.29, 0.717) is 13.0 Å². The number of rotatable bonds is 4. The van der Waals surface area contributed by atoms with Crippen molar-refractivity contribution in [3.8, 4) is 0 Å². The Hall–Kier alpha value is -1.34. The number of urea groups is 1. The smallest absolute Gasteiger partial charge is 0.328 e. The second-order valence-electron chi connectivity index (χ2n) is 4.53. The minimum Gasteiger partial charge on any atom is -0.480 e. The van der Waals surface area contributed by atoms with Crippen LogP contribution in [0.4, 0.5) is 4.79 Å². The van der Waals surface area contributed by atoms with Crippen LogP contribution in [0.15, 0.2) is 0 Å². The summed E-state index contributed by atoms with van der Waals surface area (Å²) in [6, 6.07) is -2.16. The van der Waals surface area contributed by atoms with E-state index in [1.54, 1.807) is 0 Å². The van der Waals surface area contributed by atoms with Crippen molar-refractivity contribution in [2.24, 2.45) is 0 Å². The van der Waals surface area contributed by atoms with Gasteiger partial charge in [0.25, 0.3) is 0 Å². The van der Waals surface area contributed by atoms with Gasteiger partial charge in [0.2, 0.25) is 0 Å². The molecule has 1 heterocycles. The average Bonchev–Trinajstić information content (AvgIpc) is 2.34. The average molecular weight is 260 g/mol. The molecule has 1 aliphatic heterocycles. The molecule has 7 heteroatoms. The molecule has 0 radical (unpaired) electrons. The normalized spacial score (nSPS) is 23.3. The lowest BCUT2D eigenvalue weighted by atomic mass is 10.0. The predicted molar refractivity (Wildman–Crippen MR) is 63.1 cm³/mol. The topological polar surface area (TPSA) is 110 Å². The third kappa shape index (κ3) is 3.58. The van der Waals surface area contributed by atoms with Crippen LogP contribution in [0, 0.1) is 0 Å². The summed E-state index contributed by atoms with van der Waals surface area (Å²) in [5.74, 6) is -1.28. The zero-order valence-electron chi connectivity index (χ0n) is 10.4. The molecule has 1 saturated heterocycles. The van der Waals surface area contributed by atoms with E-state index in [0.717, 1.165) is 12.8 Å². The number of aliphatic hydroxyl groups is 2. The van der Waals surface area contributed by atoms with E-state index in [-0.39, 0.29) is 12.6 Å². The van der Waals surface area contributed by atoms with Crippen molar-refractivity contribution in [1.82, 2.24) is 10.2 Å². The Labute approximate surface area is 105 Å². The lowest BCUT2D eigenvalue weighted by Crippen LogP contribution is -2.56. The minimum absolute atomic E-state index is 0.139. The van der Waals surface area contributed by atoms with Gasteiger partial charge in [-0.3, -0.25) is 0 Å². The van der Waals surface area contributed by atoms with Crippen LogP contribution in [0.1, 0.15) is 26.2 Å². The number of aliphatic carboxylic acids is 1. The number of nitrogens with one attached hydrogen (secondary N) is 1. The Morgan fingerprint density at radius 1 is 1.44 bits per heavy atom. The molecule has 7 nitrogen and oxygen atoms in total. The molecular formula is C11H20N2O5. The second-order valence-corrected chi connectivity index (χ2v) is 4.53. The number of piperidine rings is 1. The molecule has 0 aliphatic carbocycles. The van der Waals surface area contributed by atoms with Gasteiger partial charge >= 0.3 is 12.0 Å². The number of carboxylic acid groups (broad SMARTS) is 1. The highest BCUT2D eigenvalue weighted by molar-refractivity contribution is 5.83. The molecule has 0 saturated carbocycles. The molecule has 3 atom stereocenters. The van der Waals surface area contributed by atoms with Crippen LogP contribution in [0.5, 0.6) is 0 Å². The number of hydrogen-bond acceptors (Lipinski definition) is 4. The van der Waals surface area contributed by atoms with Gasteiger partial charge in [-0.2, -0.15) is 0 Å². The first kappa shape index (κ1) is 14.7. The summed E-state index contributed by atoms with van der Waals surface area (Å²) < 4.78 is 0. The SMILES string of the molecule is CC(O)C(NC(=O)N1CCCCC1CO)C(=O)O. The van der Waals surface area contributed by atoms with Crippen LogP contribution in [0.2, 0.25) is 0 Å². The first-order chi connectivity index (χ1) is 8.47. The molecule has 1 rings (SSSR count). The molecule has 0 bridgehead atoms. The Morgan fingerprint density at radius 3 is 2.61 bits per heavy atom. The summed E-state index contributed by atoms with van der Waals surface area (Å²) in [5, 5.41) is 29.6. The van der Waals surface area contributed by atoms with Crippen LogP contribution in [0.25, 0.3) is 0 Å². The van der Waals surface area contributed by atoms with E-state index < -0.39 is 24.1 Å². The minimum atomic E-state index is -1.33. The van der Waals surface area contributed by atoms with Crippen molar-refractivity contribution in [3.63, 3.8) is 0 Å². The van der Waals surface area contributed by atoms with Crippen molar-refractivity contribution in [2.75, 3.05) is 13.2 Å². The summed E-state index contributed by atoms with van der Waals surface area (Å²) in [7, 11) is 0. The summed E-state index contributed by atoms with van der Waals surface area (Å²) in [4.78, 5) is 24.2. The van der Waals surface area contributed by atoms with Crippen molar-refractivity contribution in [1.29, 1.82) is 0 Å². The molecule has 4 N–H and O–H groups in total. The molecule has 0 aromatic carbocycles. The molecule has 104 valence electrons. The van der Waals surface area contributed by atoms with Gasteiger partial charge < -0.3 is 25.5 Å². The molecule has 0 aromatic rings. The maximum Gasteiger partial charge on any atom is 0.328 e. The maximum atomic E-state index is 11.9. The van der Waals surface area contributed by atoms with Gasteiger partial charge in [-0.15, -0.1) is 0 Å². The van der Waals surface area contributed by atoms with Crippen molar-refractivity contribution in [3.05, 3.63) is 0 Å². The molecule has 0 spiro atoms. The Kier molecular flexibility index (Phi) is 5.36. The second kappa shape index (κ2) is 6.55. The molecular weight excluding hydrogens is 240 g/mol. The van der Waals surface area contributed by atoms with Crippen molar-refractivity contribution < 1.29 is 24.9 Å². The van der Waals surface area contributed by atoms with E-state index in [2.05, 4.69) is 5.32 Å². The lowest BCUT2D eigenvalue weighted by molar-refractivity contribution is -0.141. The lowest BCUT2D eigenvalue weighted by Gasteiger charge is -2.35. The van der Waals surface area contributed by atoms with Gasteiger partial charge in [-0.05, 0) is 26.2 Å². The fourth-order valence-corrected chi connectivity index (χ4v) is 2.06. The highest BCUT2D eigenvalue weighted by Gasteiger charge is 2.31. The van der Waals surface area contributed by atoms with Gasteiger partial charge in [-0.1, -0.05) is 0 Å². The zero-order chi connectivity index (χ0) is 13.7.